The molecule has 1 aliphatic heterocycles. The van der Waals surface area contributed by atoms with Crippen molar-refractivity contribution in [3.8, 4) is 0 Å². The van der Waals surface area contributed by atoms with Crippen LogP contribution < -0.4 is 16.4 Å². The summed E-state index contributed by atoms with van der Waals surface area (Å²) in [7, 11) is 0. The summed E-state index contributed by atoms with van der Waals surface area (Å²) in [5, 5.41) is 23.5. The Bertz CT molecular complexity index is 779. The van der Waals surface area contributed by atoms with Crippen LogP contribution in [0.5, 0.6) is 0 Å². The van der Waals surface area contributed by atoms with Gasteiger partial charge in [0.15, 0.2) is 0 Å². The summed E-state index contributed by atoms with van der Waals surface area (Å²) in [5.74, 6) is -4.58. The summed E-state index contributed by atoms with van der Waals surface area (Å²) < 4.78 is 0. The quantitative estimate of drug-likeness (QED) is 0.130. The lowest BCUT2D eigenvalue weighted by atomic mass is 9.84. The number of amides is 2. The number of aliphatic carboxylic acids is 2. The van der Waals surface area contributed by atoms with E-state index in [9.17, 15) is 24.0 Å². The Balaban J connectivity index is 2.10. The van der Waals surface area contributed by atoms with Gasteiger partial charge in [-0.1, -0.05) is 44.3 Å². The zero-order chi connectivity index (χ0) is 25.1. The highest BCUT2D eigenvalue weighted by molar-refractivity contribution is 6.35. The summed E-state index contributed by atoms with van der Waals surface area (Å²) in [6.07, 6.45) is 10.1. The van der Waals surface area contributed by atoms with Gasteiger partial charge in [0.1, 0.15) is 6.04 Å². The first-order chi connectivity index (χ1) is 16.2. The SMILES string of the molecule is NCCCC[C@@H](NC(=O)[C@@H]1C=CCN1C(=O)[C@@H](CC1CCCCC1)NCC(=O)O)C(=O)C(=O)O. The van der Waals surface area contributed by atoms with Crippen molar-refractivity contribution in [3.63, 3.8) is 0 Å². The van der Waals surface area contributed by atoms with Crippen LogP contribution in [0.4, 0.5) is 0 Å². The van der Waals surface area contributed by atoms with Gasteiger partial charge in [0, 0.05) is 6.54 Å². The Morgan fingerprint density at radius 1 is 1.03 bits per heavy atom. The van der Waals surface area contributed by atoms with Crippen molar-refractivity contribution < 1.29 is 34.2 Å². The van der Waals surface area contributed by atoms with E-state index in [0.29, 0.717) is 31.7 Å². The zero-order valence-electron chi connectivity index (χ0n) is 19.4. The summed E-state index contributed by atoms with van der Waals surface area (Å²) in [6.45, 7) is 0.163. The van der Waals surface area contributed by atoms with Crippen molar-refractivity contribution in [3.05, 3.63) is 12.2 Å². The summed E-state index contributed by atoms with van der Waals surface area (Å²) >= 11 is 0. The topological polar surface area (TPSA) is 179 Å². The van der Waals surface area contributed by atoms with Gasteiger partial charge in [-0.25, -0.2) is 4.79 Å². The maximum Gasteiger partial charge on any atom is 0.374 e. The monoisotopic (exact) mass is 480 g/mol. The van der Waals surface area contributed by atoms with Gasteiger partial charge < -0.3 is 26.2 Å². The maximum absolute atomic E-state index is 13.4. The molecule has 1 saturated carbocycles. The molecule has 2 aliphatic rings. The van der Waals surface area contributed by atoms with Gasteiger partial charge in [-0.05, 0) is 38.1 Å². The Morgan fingerprint density at radius 2 is 1.74 bits per heavy atom. The van der Waals surface area contributed by atoms with Crippen molar-refractivity contribution in [1.29, 1.82) is 0 Å². The minimum atomic E-state index is -1.64. The van der Waals surface area contributed by atoms with Crippen molar-refractivity contribution in [2.45, 2.75) is 75.9 Å². The van der Waals surface area contributed by atoms with Crippen LogP contribution in [0.3, 0.4) is 0 Å². The van der Waals surface area contributed by atoms with Crippen LogP contribution in [0.2, 0.25) is 0 Å². The van der Waals surface area contributed by atoms with E-state index in [-0.39, 0.29) is 25.4 Å². The molecule has 0 unspecified atom stereocenters. The van der Waals surface area contributed by atoms with E-state index < -0.39 is 41.8 Å². The van der Waals surface area contributed by atoms with Crippen LogP contribution in [0.15, 0.2) is 12.2 Å². The fourth-order valence-corrected chi connectivity index (χ4v) is 4.58. The first kappa shape index (κ1) is 27.5. The number of nitrogens with one attached hydrogen (secondary N) is 2. The van der Waals surface area contributed by atoms with Crippen LogP contribution >= 0.6 is 0 Å². The third kappa shape index (κ3) is 8.21. The largest absolute Gasteiger partial charge is 0.480 e. The van der Waals surface area contributed by atoms with Crippen LogP contribution in [0.25, 0.3) is 0 Å². The number of hydrogen-bond donors (Lipinski definition) is 5. The Labute approximate surface area is 199 Å². The standard InChI is InChI=1S/C23H36N4O7/c24-11-5-4-9-16(20(30)23(33)34)26-21(31)18-10-6-12-27(18)22(32)17(25-14-19(28)29)13-15-7-2-1-3-8-15/h6,10,15-18,25H,1-5,7-9,11-14,24H2,(H,26,31)(H,28,29)(H,33,34)/t16-,17-,18+/m1/s1. The molecule has 11 heteroatoms. The van der Waals surface area contributed by atoms with Gasteiger partial charge in [-0.15, -0.1) is 0 Å². The molecule has 0 spiro atoms. The third-order valence-electron chi connectivity index (χ3n) is 6.39. The van der Waals surface area contributed by atoms with Crippen LogP contribution in [0.1, 0.15) is 57.8 Å². The Hall–Kier alpha value is -2.79. The van der Waals surface area contributed by atoms with E-state index >= 15 is 0 Å². The lowest BCUT2D eigenvalue weighted by molar-refractivity contribution is -0.151. The smallest absolute Gasteiger partial charge is 0.374 e. The third-order valence-corrected chi connectivity index (χ3v) is 6.39. The number of carboxylic acid groups (broad SMARTS) is 2. The minimum absolute atomic E-state index is 0.128. The Kier molecular flexibility index (Phi) is 11.1. The van der Waals surface area contributed by atoms with Crippen LogP contribution in [-0.2, 0) is 24.0 Å². The summed E-state index contributed by atoms with van der Waals surface area (Å²) in [4.78, 5) is 62.0. The zero-order valence-corrected chi connectivity index (χ0v) is 19.4. The average molecular weight is 481 g/mol. The molecule has 0 saturated heterocycles. The first-order valence-corrected chi connectivity index (χ1v) is 11.9. The highest BCUT2D eigenvalue weighted by atomic mass is 16.4. The fraction of sp³-hybridized carbons (Fsp3) is 0.696. The average Bonchev–Trinajstić information content (AvgIpc) is 3.31. The van der Waals surface area contributed by atoms with Crippen molar-refractivity contribution in [2.24, 2.45) is 11.7 Å². The normalized spacial score (nSPS) is 20.0. The molecule has 3 atom stereocenters. The molecule has 0 aromatic heterocycles. The minimum Gasteiger partial charge on any atom is -0.480 e. The lowest BCUT2D eigenvalue weighted by Gasteiger charge is -2.32. The molecule has 0 aromatic carbocycles. The summed E-state index contributed by atoms with van der Waals surface area (Å²) in [5.41, 5.74) is 5.46. The second kappa shape index (κ2) is 13.8. The van der Waals surface area contributed by atoms with Gasteiger partial charge in [-0.3, -0.25) is 24.5 Å². The van der Waals surface area contributed by atoms with Crippen LogP contribution in [0, 0.1) is 5.92 Å². The number of carbonyl (C=O) groups is 5. The lowest BCUT2D eigenvalue weighted by Crippen LogP contribution is -2.56. The first-order valence-electron chi connectivity index (χ1n) is 11.9. The van der Waals surface area contributed by atoms with Crippen LogP contribution in [-0.4, -0.2) is 82.4 Å². The molecule has 34 heavy (non-hydrogen) atoms. The number of carbonyl (C=O) groups excluding carboxylic acids is 3. The van der Waals surface area contributed by atoms with E-state index in [1.165, 1.54) is 11.0 Å². The molecule has 2 rings (SSSR count). The molecule has 190 valence electrons. The Morgan fingerprint density at radius 3 is 2.35 bits per heavy atom. The highest BCUT2D eigenvalue weighted by Gasteiger charge is 2.37. The van der Waals surface area contributed by atoms with Crippen molar-refractivity contribution in [2.75, 3.05) is 19.6 Å². The van der Waals surface area contributed by atoms with Gasteiger partial charge in [-0.2, -0.15) is 0 Å². The molecular weight excluding hydrogens is 444 g/mol. The number of Topliss-reactive ketones (excluding diaryl/α,β-unsaturated/α-hetero) is 1. The van der Waals surface area contributed by atoms with Gasteiger partial charge in [0.2, 0.25) is 11.8 Å². The molecule has 1 heterocycles. The molecule has 1 fully saturated rings. The predicted octanol–water partition coefficient (Wildman–Crippen LogP) is 0.0341. The molecule has 0 bridgehead atoms. The number of hydrogen-bond acceptors (Lipinski definition) is 7. The van der Waals surface area contributed by atoms with Gasteiger partial charge in [0.05, 0.1) is 18.6 Å². The number of nitrogens with zero attached hydrogens (tertiary/aromatic N) is 1. The molecule has 11 nitrogen and oxygen atoms in total. The van der Waals surface area contributed by atoms with E-state index in [0.717, 1.165) is 32.1 Å². The van der Waals surface area contributed by atoms with Crippen molar-refractivity contribution >= 4 is 29.5 Å². The second-order valence-corrected chi connectivity index (χ2v) is 8.95. The number of ketones is 1. The number of nitrogens with two attached hydrogens (primary N) is 1. The number of unbranched alkanes of at least 4 members (excludes halogenated alkanes) is 1. The van der Waals surface area contributed by atoms with Gasteiger partial charge in [0.25, 0.3) is 5.78 Å². The maximum atomic E-state index is 13.4. The number of rotatable bonds is 14. The van der Waals surface area contributed by atoms with Gasteiger partial charge >= 0.3 is 11.9 Å². The molecule has 0 radical (unpaired) electrons. The van der Waals surface area contributed by atoms with E-state index in [4.69, 9.17) is 15.9 Å². The van der Waals surface area contributed by atoms with E-state index in [2.05, 4.69) is 10.6 Å². The molecular formula is C23H36N4O7. The molecule has 6 N–H and O–H groups in total. The molecule has 0 aromatic rings. The van der Waals surface area contributed by atoms with Crippen molar-refractivity contribution in [1.82, 2.24) is 15.5 Å². The predicted molar refractivity (Wildman–Crippen MR) is 123 cm³/mol. The molecule has 1 aliphatic carbocycles. The molecule has 2 amide bonds. The van der Waals surface area contributed by atoms with E-state index in [1.54, 1.807) is 6.08 Å². The summed E-state index contributed by atoms with van der Waals surface area (Å²) in [6, 6.07) is -2.98. The highest BCUT2D eigenvalue weighted by Crippen LogP contribution is 2.28. The fourth-order valence-electron chi connectivity index (χ4n) is 4.58. The second-order valence-electron chi connectivity index (χ2n) is 8.95. The van der Waals surface area contributed by atoms with E-state index in [1.807, 2.05) is 0 Å². The number of carboxylic acids is 2.